The monoisotopic (exact) mass is 794 g/mol. The molecule has 4 aromatic rings. The van der Waals surface area contributed by atoms with Crippen molar-refractivity contribution in [3.8, 4) is 23.0 Å². The molecule has 9 nitrogen and oxygen atoms in total. The van der Waals surface area contributed by atoms with Crippen molar-refractivity contribution >= 4 is 69.2 Å². The van der Waals surface area contributed by atoms with Crippen LogP contribution in [0.4, 0.5) is 0 Å². The number of fused-ring (bicyclic) bond motifs is 1. The van der Waals surface area contributed by atoms with Crippen LogP contribution in [-0.4, -0.2) is 38.0 Å². The summed E-state index contributed by atoms with van der Waals surface area (Å²) in [7, 11) is 2.85. The molecule has 46 heavy (non-hydrogen) atoms. The molecule has 0 amide bonds. The molecule has 0 bridgehead atoms. The quantitative estimate of drug-likeness (QED) is 0.130. The Kier molecular flexibility index (Phi) is 11.0. The lowest BCUT2D eigenvalue weighted by atomic mass is 9.97. The maximum atomic E-state index is 14.0. The third-order valence-electron chi connectivity index (χ3n) is 6.92. The summed E-state index contributed by atoms with van der Waals surface area (Å²) in [6, 6.07) is 13.6. The molecule has 0 saturated heterocycles. The molecule has 5 rings (SSSR count). The van der Waals surface area contributed by atoms with Crippen molar-refractivity contribution in [1.29, 1.82) is 0 Å². The number of ether oxygens (including phenoxy) is 5. The predicted octanol–water partition coefficient (Wildman–Crippen LogP) is 6.31. The van der Waals surface area contributed by atoms with E-state index in [9.17, 15) is 9.59 Å². The molecular weight excluding hydrogens is 766 g/mol. The van der Waals surface area contributed by atoms with Crippen LogP contribution >= 0.6 is 57.1 Å². The third-order valence-corrected chi connectivity index (χ3v) is 9.46. The molecule has 0 N–H and O–H groups in total. The minimum Gasteiger partial charge on any atom is -0.493 e. The number of benzene rings is 3. The molecule has 13 heteroatoms. The van der Waals surface area contributed by atoms with Gasteiger partial charge in [0.25, 0.3) is 5.56 Å². The molecule has 2 heterocycles. The van der Waals surface area contributed by atoms with Gasteiger partial charge in [0.05, 0.1) is 57.2 Å². The van der Waals surface area contributed by atoms with Gasteiger partial charge in [0, 0.05) is 6.20 Å². The van der Waals surface area contributed by atoms with E-state index in [-0.39, 0.29) is 17.7 Å². The number of methoxy groups -OCH3 is 2. The maximum absolute atomic E-state index is 14.0. The van der Waals surface area contributed by atoms with Crippen molar-refractivity contribution in [2.24, 2.45) is 4.99 Å². The average molecular weight is 795 g/mol. The van der Waals surface area contributed by atoms with Gasteiger partial charge in [-0.1, -0.05) is 46.7 Å². The standard InChI is InChI=1S/C33H29Cl2IN2O7S/c1-5-43-25-10-8-20(15-26(25)44-6-2)29-21(32(40)42-4)16-37-33-38(29)31(39)28(46-33)14-19-12-24(36)30(27(13-19)41-3)45-17-18-7-9-22(34)23(35)11-18/h7-16,29H,5-6,17H2,1-4H3/b28-14-/t29-/m0/s1. The zero-order valence-corrected chi connectivity index (χ0v) is 29.8. The van der Waals surface area contributed by atoms with Gasteiger partial charge in [0.1, 0.15) is 6.61 Å². The zero-order valence-electron chi connectivity index (χ0n) is 25.3. The Morgan fingerprint density at radius 3 is 2.43 bits per heavy atom. The second kappa shape index (κ2) is 14.9. The van der Waals surface area contributed by atoms with Crippen molar-refractivity contribution in [1.82, 2.24) is 4.57 Å². The molecule has 240 valence electrons. The van der Waals surface area contributed by atoms with Crippen LogP contribution in [0.5, 0.6) is 23.0 Å². The van der Waals surface area contributed by atoms with E-state index in [4.69, 9.17) is 46.9 Å². The van der Waals surface area contributed by atoms with Crippen molar-refractivity contribution in [3.63, 3.8) is 0 Å². The summed E-state index contributed by atoms with van der Waals surface area (Å²) in [6.07, 6.45) is 3.22. The van der Waals surface area contributed by atoms with E-state index in [1.54, 1.807) is 43.5 Å². The molecule has 1 aliphatic heterocycles. The fourth-order valence-electron chi connectivity index (χ4n) is 4.89. The predicted molar refractivity (Wildman–Crippen MR) is 186 cm³/mol. The van der Waals surface area contributed by atoms with Gasteiger partial charge in [0.15, 0.2) is 27.8 Å². The molecule has 0 radical (unpaired) electrons. The number of hydrogen-bond donors (Lipinski definition) is 0. The molecule has 0 fully saturated rings. The highest BCUT2D eigenvalue weighted by molar-refractivity contribution is 14.1. The molecule has 0 spiro atoms. The smallest absolute Gasteiger partial charge is 0.337 e. The van der Waals surface area contributed by atoms with Gasteiger partial charge < -0.3 is 23.7 Å². The highest BCUT2D eigenvalue weighted by atomic mass is 127. The van der Waals surface area contributed by atoms with Gasteiger partial charge in [0.2, 0.25) is 0 Å². The van der Waals surface area contributed by atoms with Crippen LogP contribution in [0.3, 0.4) is 0 Å². The van der Waals surface area contributed by atoms with E-state index in [1.807, 2.05) is 32.0 Å². The van der Waals surface area contributed by atoms with E-state index in [2.05, 4.69) is 27.6 Å². The van der Waals surface area contributed by atoms with E-state index in [0.717, 1.165) is 14.7 Å². The molecule has 0 saturated carbocycles. The normalized spacial score (nSPS) is 14.2. The molecule has 1 atom stereocenters. The first-order chi connectivity index (χ1) is 22.2. The SMILES string of the molecule is CCOc1ccc([C@H]2C(C(=O)OC)=CN=c3s/c(=C\c4cc(I)c(OCc5ccc(Cl)c(Cl)c5)c(OC)c4)c(=O)n32)cc1OCC. The van der Waals surface area contributed by atoms with Crippen LogP contribution in [0.25, 0.3) is 6.08 Å². The van der Waals surface area contributed by atoms with Crippen molar-refractivity contribution in [3.05, 3.63) is 110 Å². The Labute approximate surface area is 292 Å². The highest BCUT2D eigenvalue weighted by Crippen LogP contribution is 2.36. The second-order valence-corrected chi connectivity index (χ2v) is 12.8. The summed E-state index contributed by atoms with van der Waals surface area (Å²) >= 11 is 15.6. The van der Waals surface area contributed by atoms with Crippen molar-refractivity contribution < 1.29 is 28.5 Å². The number of nitrogens with zero attached hydrogens (tertiary/aromatic N) is 2. The molecule has 3 aromatic carbocycles. The van der Waals surface area contributed by atoms with Gasteiger partial charge >= 0.3 is 5.97 Å². The minimum atomic E-state index is -0.799. The Hall–Kier alpha value is -3.52. The average Bonchev–Trinajstić information content (AvgIpc) is 3.36. The number of rotatable bonds is 11. The summed E-state index contributed by atoms with van der Waals surface area (Å²) in [5.41, 5.74) is 2.11. The number of aromatic nitrogens is 1. The van der Waals surface area contributed by atoms with Crippen molar-refractivity contribution in [2.75, 3.05) is 27.4 Å². The zero-order chi connectivity index (χ0) is 33.0. The summed E-state index contributed by atoms with van der Waals surface area (Å²) in [4.78, 5) is 31.8. The van der Waals surface area contributed by atoms with Crippen LogP contribution in [0.1, 0.15) is 36.6 Å². The van der Waals surface area contributed by atoms with Crippen LogP contribution < -0.4 is 33.8 Å². The second-order valence-electron chi connectivity index (χ2n) is 9.82. The van der Waals surface area contributed by atoms with Gasteiger partial charge in [-0.05, 0) is 95.6 Å². The number of hydrogen-bond acceptors (Lipinski definition) is 9. The highest BCUT2D eigenvalue weighted by Gasteiger charge is 2.31. The fourth-order valence-corrected chi connectivity index (χ4v) is 6.96. The number of thiazole rings is 1. The molecule has 0 aliphatic carbocycles. The Morgan fingerprint density at radius 1 is 0.978 bits per heavy atom. The summed E-state index contributed by atoms with van der Waals surface area (Å²) in [5.74, 6) is 1.53. The molecule has 1 aromatic heterocycles. The van der Waals surface area contributed by atoms with E-state index >= 15 is 0 Å². The third kappa shape index (κ3) is 7.07. The van der Waals surface area contributed by atoms with Crippen LogP contribution in [0.15, 0.2) is 70.1 Å². The first-order valence-electron chi connectivity index (χ1n) is 14.1. The number of halogens is 3. The van der Waals surface area contributed by atoms with Gasteiger partial charge in [-0.2, -0.15) is 0 Å². The van der Waals surface area contributed by atoms with E-state index in [1.165, 1.54) is 29.2 Å². The minimum absolute atomic E-state index is 0.216. The van der Waals surface area contributed by atoms with E-state index in [0.29, 0.717) is 61.2 Å². The summed E-state index contributed by atoms with van der Waals surface area (Å²) in [5, 5.41) is 0.911. The maximum Gasteiger partial charge on any atom is 0.337 e. The van der Waals surface area contributed by atoms with E-state index < -0.39 is 12.0 Å². The van der Waals surface area contributed by atoms with Gasteiger partial charge in [-0.15, -0.1) is 0 Å². The fraction of sp³-hybridized carbons (Fsp3) is 0.242. The number of carbonyl (C=O) groups is 1. The topological polar surface area (TPSA) is 97.6 Å². The lowest BCUT2D eigenvalue weighted by Crippen LogP contribution is -2.39. The first kappa shape index (κ1) is 33.8. The Bertz CT molecular complexity index is 2010. The molecule has 0 unspecified atom stereocenters. The van der Waals surface area contributed by atoms with Crippen LogP contribution in [-0.2, 0) is 16.1 Å². The lowest BCUT2D eigenvalue weighted by Gasteiger charge is -2.23. The van der Waals surface area contributed by atoms with Gasteiger partial charge in [-0.25, -0.2) is 9.79 Å². The summed E-state index contributed by atoms with van der Waals surface area (Å²) < 4.78 is 31.1. The molecule has 1 aliphatic rings. The first-order valence-corrected chi connectivity index (χ1v) is 16.8. The largest absolute Gasteiger partial charge is 0.493 e. The van der Waals surface area contributed by atoms with Crippen LogP contribution in [0, 0.1) is 3.57 Å². The Morgan fingerprint density at radius 2 is 1.74 bits per heavy atom. The van der Waals surface area contributed by atoms with Crippen molar-refractivity contribution in [2.45, 2.75) is 26.5 Å². The Balaban J connectivity index is 1.55. The van der Waals surface area contributed by atoms with Gasteiger partial charge in [-0.3, -0.25) is 9.36 Å². The number of esters is 1. The lowest BCUT2D eigenvalue weighted by molar-refractivity contribution is -0.136. The number of carbonyl (C=O) groups excluding carboxylic acids is 1. The molecular formula is C33H29Cl2IN2O7S. The van der Waals surface area contributed by atoms with Crippen LogP contribution in [0.2, 0.25) is 10.0 Å². The summed E-state index contributed by atoms with van der Waals surface area (Å²) in [6.45, 7) is 4.87.